The van der Waals surface area contributed by atoms with Gasteiger partial charge in [-0.3, -0.25) is 0 Å². The molecule has 30 heavy (non-hydrogen) atoms. The van der Waals surface area contributed by atoms with Gasteiger partial charge in [-0.1, -0.05) is 0 Å². The number of hydrogen-bond acceptors (Lipinski definition) is 1. The van der Waals surface area contributed by atoms with E-state index in [9.17, 15) is 0 Å². The van der Waals surface area contributed by atoms with E-state index in [1.807, 2.05) is 36.4 Å². The summed E-state index contributed by atoms with van der Waals surface area (Å²) in [5, 5.41) is 3.41. The van der Waals surface area contributed by atoms with E-state index >= 15 is 0 Å². The molecule has 0 saturated carbocycles. The van der Waals surface area contributed by atoms with Crippen molar-refractivity contribution in [3.05, 3.63) is 99.0 Å². The molecule has 0 spiro atoms. The van der Waals surface area contributed by atoms with Gasteiger partial charge in [0.1, 0.15) is 0 Å². The van der Waals surface area contributed by atoms with Gasteiger partial charge in [-0.15, -0.1) is 0 Å². The van der Waals surface area contributed by atoms with Gasteiger partial charge in [0.25, 0.3) is 0 Å². The number of nitrogens with one attached hydrogen (secondary N) is 1. The third-order valence-corrected chi connectivity index (χ3v) is 3.34. The third kappa shape index (κ3) is 17.0. The Bertz CT molecular complexity index is 821. The molecule has 0 saturated heterocycles. The zero-order chi connectivity index (χ0) is 24.2. The molecule has 0 bridgehead atoms. The Hall–Kier alpha value is -3.10. The van der Waals surface area contributed by atoms with Crippen LogP contribution in [0, 0.1) is 45.1 Å². The van der Waals surface area contributed by atoms with Gasteiger partial charge in [-0.05, 0) is 0 Å². The molecule has 2 aromatic carbocycles. The van der Waals surface area contributed by atoms with Crippen LogP contribution in [0.1, 0.15) is 30.9 Å². The number of anilines is 1. The molecule has 150 valence electrons. The van der Waals surface area contributed by atoms with Crippen LogP contribution in [0.15, 0.2) is 54.6 Å². The van der Waals surface area contributed by atoms with Gasteiger partial charge in [0.05, 0.1) is 0 Å². The second-order valence-electron chi connectivity index (χ2n) is 4.42. The van der Waals surface area contributed by atoms with E-state index in [0.717, 1.165) is 34.2 Å². The van der Waals surface area contributed by atoms with Crippen LogP contribution in [-0.4, -0.2) is 4.50 Å². The van der Waals surface area contributed by atoms with Crippen LogP contribution in [0.3, 0.4) is 0 Å². The van der Waals surface area contributed by atoms with Crippen LogP contribution in [0.25, 0.3) is 0 Å². The van der Waals surface area contributed by atoms with Crippen LogP contribution < -0.4 is 5.32 Å². The number of unbranched alkanes of at least 4 members (excludes halogenated alkanes) is 1. The fourth-order valence-corrected chi connectivity index (χ4v) is 2.15. The molecule has 0 aliphatic heterocycles. The van der Waals surface area contributed by atoms with Crippen molar-refractivity contribution in [3.8, 4) is 11.8 Å². The zero-order valence-electron chi connectivity index (χ0n) is 16.1. The predicted molar refractivity (Wildman–Crippen MR) is 102 cm³/mol. The Labute approximate surface area is 185 Å². The molecule has 6 nitrogen and oxygen atoms in total. The summed E-state index contributed by atoms with van der Waals surface area (Å²) in [4.78, 5) is 0. The van der Waals surface area contributed by atoms with E-state index in [4.69, 9.17) is 23.3 Å². The van der Waals surface area contributed by atoms with Crippen LogP contribution >= 0.6 is 0 Å². The topological polar surface area (TPSA) is 112 Å². The standard InChI is InChI=1S/C18H17N.5CO.Cr/c1-2-3-5-12-17-13-8-9-14-18(17)19-15-16-10-6-4-7-11-16;5*1-2;/h4,6-11,13-14,19H,2-3H2,1H3;;;;;;. The molecule has 0 radical (unpaired) electrons. The van der Waals surface area contributed by atoms with Crippen LogP contribution in [0.4, 0.5) is 5.69 Å². The van der Waals surface area contributed by atoms with E-state index in [-0.39, 0.29) is 0 Å². The van der Waals surface area contributed by atoms with Gasteiger partial charge in [-0.25, -0.2) is 0 Å². The van der Waals surface area contributed by atoms with Crippen molar-refractivity contribution >= 4 is 10.2 Å². The minimum absolute atomic E-state index is 0.932. The second kappa shape index (κ2) is 30.6. The molecule has 0 aliphatic rings. The Morgan fingerprint density at radius 1 is 0.800 bits per heavy atom. The molecular formula is C23H17CrNO5. The van der Waals surface area contributed by atoms with Crippen LogP contribution in [-0.2, 0) is 39.1 Å². The summed E-state index contributed by atoms with van der Waals surface area (Å²) in [5.74, 6) is 6.43. The molecule has 0 heterocycles. The third-order valence-electron chi connectivity index (χ3n) is 2.81. The van der Waals surface area contributed by atoms with E-state index in [0.29, 0.717) is 0 Å². The van der Waals surface area contributed by atoms with Crippen molar-refractivity contribution in [1.82, 2.24) is 0 Å². The van der Waals surface area contributed by atoms with Gasteiger partial charge in [0.15, 0.2) is 0 Å². The summed E-state index contributed by atoms with van der Waals surface area (Å²) < 4.78 is 38.5. The first-order valence-corrected chi connectivity index (χ1v) is 8.41. The molecule has 1 N–H and O–H groups in total. The second-order valence-corrected chi connectivity index (χ2v) is 5.06. The maximum atomic E-state index is 7.50. The number of rotatable bonds is 4. The van der Waals surface area contributed by atoms with E-state index in [1.54, 1.807) is 0 Å². The Morgan fingerprint density at radius 3 is 1.77 bits per heavy atom. The quantitative estimate of drug-likeness (QED) is 0.436. The van der Waals surface area contributed by atoms with Crippen molar-refractivity contribution < 1.29 is 39.1 Å². The number of para-hydroxylation sites is 1. The molecular weight excluding hydrogens is 422 g/mol. The monoisotopic (exact) mass is 439 g/mol. The SMILES string of the molecule is CCCC#Cc1ccccc1N[C](=[Cr])c1ccccc1.[C-]#[O+].[C-]#[O+].[C-]#[O+].[C-]#[O+].[C-]#[O+]. The number of benzene rings is 2. The van der Waals surface area contributed by atoms with Crippen LogP contribution in [0.2, 0.25) is 0 Å². The van der Waals surface area contributed by atoms with Gasteiger partial charge < -0.3 is 0 Å². The summed E-state index contributed by atoms with van der Waals surface area (Å²) in [6, 6.07) is 18.4. The fraction of sp³-hybridized carbons (Fsp3) is 0.130. The molecule has 2 rings (SSSR count). The molecule has 0 unspecified atom stereocenters. The fourth-order valence-electron chi connectivity index (χ4n) is 1.77. The van der Waals surface area contributed by atoms with E-state index in [2.05, 4.69) is 91.4 Å². The predicted octanol–water partition coefficient (Wildman–Crippen LogP) is 3.79. The normalized spacial score (nSPS) is 6.63. The average Bonchev–Trinajstić information content (AvgIpc) is 2.87. The van der Waals surface area contributed by atoms with Crippen molar-refractivity contribution in [2.75, 3.05) is 5.32 Å². The van der Waals surface area contributed by atoms with E-state index in [1.165, 1.54) is 0 Å². The molecule has 0 fully saturated rings. The molecule has 0 atom stereocenters. The molecule has 0 aliphatic carbocycles. The summed E-state index contributed by atoms with van der Waals surface area (Å²) in [7, 11) is 0. The van der Waals surface area contributed by atoms with Gasteiger partial charge in [0.2, 0.25) is 0 Å². The summed E-state index contributed by atoms with van der Waals surface area (Å²) >= 11 is 3.09. The van der Waals surface area contributed by atoms with Crippen molar-refractivity contribution in [1.29, 1.82) is 0 Å². The number of hydrogen-bond donors (Lipinski definition) is 1. The van der Waals surface area contributed by atoms with Gasteiger partial charge in [0, 0.05) is 0 Å². The molecule has 7 heteroatoms. The van der Waals surface area contributed by atoms with E-state index < -0.39 is 0 Å². The van der Waals surface area contributed by atoms with Crippen molar-refractivity contribution in [2.45, 2.75) is 19.8 Å². The average molecular weight is 439 g/mol. The summed E-state index contributed by atoms with van der Waals surface area (Å²) in [6.45, 7) is 24.6. The molecule has 0 aromatic heterocycles. The zero-order valence-corrected chi connectivity index (χ0v) is 17.3. The summed E-state index contributed by atoms with van der Waals surface area (Å²) in [5.41, 5.74) is 3.21. The maximum absolute atomic E-state index is 7.50. The van der Waals surface area contributed by atoms with Crippen molar-refractivity contribution in [2.24, 2.45) is 0 Å². The first-order valence-electron chi connectivity index (χ1n) is 7.77. The summed E-state index contributed by atoms with van der Waals surface area (Å²) in [6.07, 6.45) is 2.02. The molecule has 0 amide bonds. The Kier molecular flexibility index (Phi) is 35.1. The minimum atomic E-state index is 0.932. The Morgan fingerprint density at radius 2 is 1.27 bits per heavy atom. The van der Waals surface area contributed by atoms with Gasteiger partial charge in [-0.2, -0.15) is 0 Å². The Balaban J connectivity index is -0.000000296. The first-order chi connectivity index (χ1) is 14.8. The first kappa shape index (κ1) is 34.4. The van der Waals surface area contributed by atoms with Crippen molar-refractivity contribution in [3.63, 3.8) is 0 Å². The van der Waals surface area contributed by atoms with Gasteiger partial charge >= 0.3 is 185 Å². The molecule has 2 aromatic rings. The van der Waals surface area contributed by atoms with Crippen LogP contribution in [0.5, 0.6) is 0 Å².